The van der Waals surface area contributed by atoms with Crippen LogP contribution in [-0.2, 0) is 10.0 Å². The lowest BCUT2D eigenvalue weighted by Crippen LogP contribution is -2.27. The van der Waals surface area contributed by atoms with Crippen LogP contribution in [-0.4, -0.2) is 8.42 Å². The van der Waals surface area contributed by atoms with Crippen molar-refractivity contribution in [3.63, 3.8) is 0 Å². The van der Waals surface area contributed by atoms with Crippen molar-refractivity contribution >= 4 is 37.3 Å². The molecule has 0 saturated carbocycles. The van der Waals surface area contributed by atoms with E-state index in [9.17, 15) is 8.42 Å². The molecular formula is C14H16BrNO2S2. The lowest BCUT2D eigenvalue weighted by molar-refractivity contribution is 0.567. The number of nitrogens with one attached hydrogen (secondary N) is 1. The molecule has 20 heavy (non-hydrogen) atoms. The molecule has 0 spiro atoms. The first-order chi connectivity index (χ1) is 9.29. The van der Waals surface area contributed by atoms with E-state index in [1.165, 1.54) is 11.3 Å². The van der Waals surface area contributed by atoms with Crippen LogP contribution in [0.5, 0.6) is 0 Å². The van der Waals surface area contributed by atoms with E-state index in [1.807, 2.05) is 38.1 Å². The van der Waals surface area contributed by atoms with Gasteiger partial charge < -0.3 is 0 Å². The Kier molecular flexibility index (Phi) is 4.69. The molecule has 1 N–H and O–H groups in total. The van der Waals surface area contributed by atoms with Crippen LogP contribution < -0.4 is 4.72 Å². The van der Waals surface area contributed by atoms with Gasteiger partial charge in [-0.3, -0.25) is 0 Å². The highest BCUT2D eigenvalue weighted by molar-refractivity contribution is 9.11. The Bertz CT molecular complexity index is 705. The first kappa shape index (κ1) is 15.7. The number of sulfonamides is 1. The Hall–Kier alpha value is -0.690. The molecule has 2 aromatic rings. The Morgan fingerprint density at radius 1 is 1.20 bits per heavy atom. The molecular weight excluding hydrogens is 358 g/mol. The van der Waals surface area contributed by atoms with E-state index in [0.717, 1.165) is 19.8 Å². The number of aryl methyl sites for hydroxylation is 2. The van der Waals surface area contributed by atoms with Gasteiger partial charge in [0, 0.05) is 10.9 Å². The van der Waals surface area contributed by atoms with Crippen molar-refractivity contribution in [1.29, 1.82) is 0 Å². The maximum absolute atomic E-state index is 12.4. The molecule has 0 aliphatic carbocycles. The number of hydrogen-bond donors (Lipinski definition) is 1. The van der Waals surface area contributed by atoms with Gasteiger partial charge in [0.05, 0.1) is 8.68 Å². The first-order valence-electron chi connectivity index (χ1n) is 6.14. The van der Waals surface area contributed by atoms with Gasteiger partial charge in [0.2, 0.25) is 10.0 Å². The van der Waals surface area contributed by atoms with Gasteiger partial charge in [-0.15, -0.1) is 11.3 Å². The third-order valence-corrected chi connectivity index (χ3v) is 6.39. The van der Waals surface area contributed by atoms with Crippen molar-refractivity contribution in [3.8, 4) is 0 Å². The van der Waals surface area contributed by atoms with Crippen molar-refractivity contribution in [2.45, 2.75) is 31.7 Å². The summed E-state index contributed by atoms with van der Waals surface area (Å²) >= 11 is 4.74. The molecule has 1 aromatic heterocycles. The van der Waals surface area contributed by atoms with E-state index < -0.39 is 10.0 Å². The van der Waals surface area contributed by atoms with E-state index in [1.54, 1.807) is 13.0 Å². The predicted molar refractivity (Wildman–Crippen MR) is 86.7 cm³/mol. The molecule has 1 heterocycles. The average molecular weight is 374 g/mol. The molecule has 0 saturated heterocycles. The number of benzene rings is 1. The summed E-state index contributed by atoms with van der Waals surface area (Å²) in [7, 11) is -3.50. The monoisotopic (exact) mass is 373 g/mol. The summed E-state index contributed by atoms with van der Waals surface area (Å²) in [4.78, 5) is 1.12. The van der Waals surface area contributed by atoms with E-state index in [-0.39, 0.29) is 6.04 Å². The fourth-order valence-electron chi connectivity index (χ4n) is 1.92. The number of hydrogen-bond acceptors (Lipinski definition) is 3. The van der Waals surface area contributed by atoms with Crippen LogP contribution in [0.2, 0.25) is 0 Å². The van der Waals surface area contributed by atoms with Crippen LogP contribution in [0.4, 0.5) is 0 Å². The van der Waals surface area contributed by atoms with Crippen LogP contribution in [0.3, 0.4) is 0 Å². The molecule has 108 valence electrons. The van der Waals surface area contributed by atoms with E-state index >= 15 is 0 Å². The maximum Gasteiger partial charge on any atom is 0.242 e. The normalized spacial score (nSPS) is 13.4. The molecule has 0 bridgehead atoms. The van der Waals surface area contributed by atoms with Crippen LogP contribution in [0.1, 0.15) is 29.0 Å². The van der Waals surface area contributed by atoms with Gasteiger partial charge in [-0.2, -0.15) is 0 Å². The summed E-state index contributed by atoms with van der Waals surface area (Å²) in [6.45, 7) is 5.66. The van der Waals surface area contributed by atoms with Gasteiger partial charge >= 0.3 is 0 Å². The molecule has 0 fully saturated rings. The molecule has 0 aliphatic rings. The second kappa shape index (κ2) is 5.97. The van der Waals surface area contributed by atoms with Gasteiger partial charge in [-0.1, -0.05) is 29.8 Å². The lowest BCUT2D eigenvalue weighted by Gasteiger charge is -2.14. The van der Waals surface area contributed by atoms with Crippen molar-refractivity contribution in [2.75, 3.05) is 0 Å². The third kappa shape index (κ3) is 3.49. The predicted octanol–water partition coefficient (Wildman–Crippen LogP) is 4.17. The van der Waals surface area contributed by atoms with Crippen LogP contribution in [0.15, 0.2) is 39.0 Å². The highest BCUT2D eigenvalue weighted by Crippen LogP contribution is 2.30. The zero-order valence-electron chi connectivity index (χ0n) is 11.5. The highest BCUT2D eigenvalue weighted by Gasteiger charge is 2.22. The Morgan fingerprint density at radius 3 is 2.30 bits per heavy atom. The molecule has 1 unspecified atom stereocenters. The second-order valence-electron chi connectivity index (χ2n) is 4.72. The minimum Gasteiger partial charge on any atom is -0.207 e. The van der Waals surface area contributed by atoms with Gasteiger partial charge in [-0.25, -0.2) is 13.1 Å². The molecule has 0 aliphatic heterocycles. The van der Waals surface area contributed by atoms with Crippen molar-refractivity contribution in [1.82, 2.24) is 4.72 Å². The average Bonchev–Trinajstić information content (AvgIpc) is 2.69. The molecule has 1 aromatic carbocycles. The largest absolute Gasteiger partial charge is 0.242 e. The van der Waals surface area contributed by atoms with Crippen LogP contribution in [0, 0.1) is 13.8 Å². The molecule has 0 amide bonds. The standard InChI is InChI=1S/C14H16BrNO2S2/c1-9-4-6-12(7-5-9)10(2)16-20(17,18)13-8-14(15)19-11(13)3/h4-8,10,16H,1-3H3. The molecule has 3 nitrogen and oxygen atoms in total. The third-order valence-electron chi connectivity index (χ3n) is 3.04. The van der Waals surface area contributed by atoms with Crippen LogP contribution >= 0.6 is 27.3 Å². The van der Waals surface area contributed by atoms with Crippen LogP contribution in [0.25, 0.3) is 0 Å². The zero-order chi connectivity index (χ0) is 14.9. The topological polar surface area (TPSA) is 46.2 Å². The zero-order valence-corrected chi connectivity index (χ0v) is 14.7. The summed E-state index contributed by atoms with van der Waals surface area (Å²) in [5.41, 5.74) is 2.10. The second-order valence-corrected chi connectivity index (χ2v) is 9.04. The summed E-state index contributed by atoms with van der Waals surface area (Å²) in [5, 5.41) is 0. The first-order valence-corrected chi connectivity index (χ1v) is 9.23. The van der Waals surface area contributed by atoms with Gasteiger partial charge in [0.1, 0.15) is 0 Å². The fraction of sp³-hybridized carbons (Fsp3) is 0.286. The van der Waals surface area contributed by atoms with E-state index in [0.29, 0.717) is 4.90 Å². The molecule has 6 heteroatoms. The molecule has 0 radical (unpaired) electrons. The lowest BCUT2D eigenvalue weighted by atomic mass is 10.1. The quantitative estimate of drug-likeness (QED) is 0.873. The summed E-state index contributed by atoms with van der Waals surface area (Å²) in [6, 6.07) is 9.22. The maximum atomic E-state index is 12.4. The van der Waals surface area contributed by atoms with E-state index in [4.69, 9.17) is 0 Å². The molecule has 1 atom stereocenters. The van der Waals surface area contributed by atoms with Crippen molar-refractivity contribution in [3.05, 3.63) is 50.1 Å². The van der Waals surface area contributed by atoms with Gasteiger partial charge in [-0.05, 0) is 48.3 Å². The summed E-state index contributed by atoms with van der Waals surface area (Å²) in [5.74, 6) is 0. The fourth-order valence-corrected chi connectivity index (χ4v) is 5.56. The number of halogens is 1. The Balaban J connectivity index is 2.24. The Labute approximate surface area is 132 Å². The smallest absolute Gasteiger partial charge is 0.207 e. The van der Waals surface area contributed by atoms with Crippen molar-refractivity contribution in [2.24, 2.45) is 0 Å². The van der Waals surface area contributed by atoms with Gasteiger partial charge in [0.15, 0.2) is 0 Å². The number of thiophene rings is 1. The minimum absolute atomic E-state index is 0.265. The molecule has 2 rings (SSSR count). The minimum atomic E-state index is -3.50. The van der Waals surface area contributed by atoms with Gasteiger partial charge in [0.25, 0.3) is 0 Å². The SMILES string of the molecule is Cc1ccc(C(C)NS(=O)(=O)c2cc(Br)sc2C)cc1. The summed E-state index contributed by atoms with van der Waals surface area (Å²) in [6.07, 6.45) is 0. The Morgan fingerprint density at radius 2 is 1.80 bits per heavy atom. The summed E-state index contributed by atoms with van der Waals surface area (Å²) < 4.78 is 28.3. The highest BCUT2D eigenvalue weighted by atomic mass is 79.9. The van der Waals surface area contributed by atoms with Crippen molar-refractivity contribution < 1.29 is 8.42 Å². The number of rotatable bonds is 4. The van der Waals surface area contributed by atoms with E-state index in [2.05, 4.69) is 20.7 Å².